The average Bonchev–Trinajstić information content (AvgIpc) is 1.84. The van der Waals surface area contributed by atoms with Crippen LogP contribution in [0.4, 0.5) is 0 Å². The minimum absolute atomic E-state index is 0.157. The van der Waals surface area contributed by atoms with E-state index in [1.165, 1.54) is 0 Å². The maximum Gasteiger partial charge on any atom is 0.136 e. The summed E-state index contributed by atoms with van der Waals surface area (Å²) < 4.78 is 3.17. The van der Waals surface area contributed by atoms with Crippen molar-refractivity contribution in [3.05, 3.63) is 11.5 Å². The highest BCUT2D eigenvalue weighted by molar-refractivity contribution is 8.00. The highest BCUT2D eigenvalue weighted by Gasteiger charge is 2.10. The van der Waals surface area contributed by atoms with E-state index >= 15 is 0 Å². The van der Waals surface area contributed by atoms with Crippen LogP contribution in [0.15, 0.2) is 11.5 Å². The van der Waals surface area contributed by atoms with Crippen molar-refractivity contribution in [2.45, 2.75) is 19.8 Å². The molecule has 1 aliphatic heterocycles. The minimum atomic E-state index is 0.157. The minimum Gasteiger partial charge on any atom is -0.299 e. The van der Waals surface area contributed by atoms with Crippen LogP contribution in [0.1, 0.15) is 19.8 Å². The van der Waals surface area contributed by atoms with Gasteiger partial charge in [-0.15, -0.1) is 0 Å². The largest absolute Gasteiger partial charge is 0.299 e. The molecule has 0 aromatic heterocycles. The number of hydrogen-bond acceptors (Lipinski definition) is 3. The summed E-state index contributed by atoms with van der Waals surface area (Å²) in [6.45, 7) is 2.66. The Bertz CT molecular complexity index is 167. The zero-order valence-corrected chi connectivity index (χ0v) is 7.49. The van der Waals surface area contributed by atoms with Crippen molar-refractivity contribution in [1.82, 2.24) is 4.72 Å². The third-order valence-corrected chi connectivity index (χ3v) is 2.44. The summed E-state index contributed by atoms with van der Waals surface area (Å²) in [4.78, 5) is 11.0. The van der Waals surface area contributed by atoms with Gasteiger partial charge in [0.05, 0.1) is 0 Å². The van der Waals surface area contributed by atoms with Crippen LogP contribution in [0.2, 0.25) is 0 Å². The number of Topliss-reactive ketones (excluding diaryl/α,β-unsaturated/α-hetero) is 1. The number of nitrogens with one attached hydrogen (secondary N) is 1. The van der Waals surface area contributed by atoms with E-state index in [2.05, 4.69) is 4.72 Å². The number of rotatable bonds is 1. The van der Waals surface area contributed by atoms with Crippen molar-refractivity contribution >= 4 is 17.7 Å². The van der Waals surface area contributed by atoms with E-state index in [1.807, 2.05) is 11.5 Å². The monoisotopic (exact) mass is 171 g/mol. The zero-order valence-electron chi connectivity index (χ0n) is 6.67. The summed E-state index contributed by atoms with van der Waals surface area (Å²) in [5.41, 5.74) is 0. The first kappa shape index (κ1) is 8.81. The van der Waals surface area contributed by atoms with E-state index in [-0.39, 0.29) is 11.7 Å². The van der Waals surface area contributed by atoms with Gasteiger partial charge in [0.2, 0.25) is 0 Å². The van der Waals surface area contributed by atoms with Crippen LogP contribution in [-0.2, 0) is 4.79 Å². The van der Waals surface area contributed by atoms with Gasteiger partial charge >= 0.3 is 0 Å². The number of ketones is 1. The molecular weight excluding hydrogens is 158 g/mol. The molecule has 11 heavy (non-hydrogen) atoms. The molecule has 0 bridgehead atoms. The molecule has 2 nitrogen and oxygen atoms in total. The van der Waals surface area contributed by atoms with E-state index in [1.54, 1.807) is 18.9 Å². The highest BCUT2D eigenvalue weighted by Crippen LogP contribution is 2.14. The lowest BCUT2D eigenvalue weighted by Gasteiger charge is -2.11. The van der Waals surface area contributed by atoms with Crippen molar-refractivity contribution in [3.63, 3.8) is 0 Å². The van der Waals surface area contributed by atoms with Gasteiger partial charge in [-0.3, -0.25) is 9.52 Å². The van der Waals surface area contributed by atoms with Crippen LogP contribution in [0.5, 0.6) is 0 Å². The van der Waals surface area contributed by atoms with Crippen LogP contribution in [0.3, 0.4) is 0 Å². The molecule has 1 heterocycles. The molecule has 3 heteroatoms. The van der Waals surface area contributed by atoms with Crippen molar-refractivity contribution in [2.75, 3.05) is 6.54 Å². The summed E-state index contributed by atoms with van der Waals surface area (Å²) in [6, 6.07) is 0. The number of allylic oxidation sites excluding steroid dienone is 1. The number of carbonyl (C=O) groups is 1. The van der Waals surface area contributed by atoms with Gasteiger partial charge in [-0.2, -0.15) is 0 Å². The van der Waals surface area contributed by atoms with E-state index in [0.29, 0.717) is 0 Å². The van der Waals surface area contributed by atoms with Gasteiger partial charge in [-0.05, 0) is 25.2 Å². The first-order valence-corrected chi connectivity index (χ1v) is 4.74. The van der Waals surface area contributed by atoms with Gasteiger partial charge in [-0.25, -0.2) is 0 Å². The van der Waals surface area contributed by atoms with E-state index < -0.39 is 0 Å². The maximum atomic E-state index is 11.0. The molecule has 0 fully saturated rings. The molecule has 0 aromatic carbocycles. The second-order valence-corrected chi connectivity index (χ2v) is 3.50. The van der Waals surface area contributed by atoms with Crippen LogP contribution < -0.4 is 4.72 Å². The molecule has 1 N–H and O–H groups in total. The van der Waals surface area contributed by atoms with Gasteiger partial charge in [-0.1, -0.05) is 18.0 Å². The summed E-state index contributed by atoms with van der Waals surface area (Å²) in [5, 5.41) is 1.96. The molecule has 0 radical (unpaired) electrons. The quantitative estimate of drug-likeness (QED) is 0.609. The lowest BCUT2D eigenvalue weighted by molar-refractivity contribution is -0.119. The molecule has 0 aromatic rings. The lowest BCUT2D eigenvalue weighted by atomic mass is 10.00. The molecule has 1 aliphatic rings. The standard InChI is InChI=1S/C8H13NOS/c1-7(10)8-3-2-5-9-11-6-4-8/h4,6,8-9H,2-3,5H2,1H3. The van der Waals surface area contributed by atoms with Gasteiger partial charge < -0.3 is 0 Å². The molecule has 1 unspecified atom stereocenters. The second kappa shape index (κ2) is 4.57. The maximum absolute atomic E-state index is 11.0. The van der Waals surface area contributed by atoms with Gasteiger partial charge in [0, 0.05) is 12.5 Å². The van der Waals surface area contributed by atoms with Crippen LogP contribution >= 0.6 is 11.9 Å². The Balaban J connectivity index is 2.48. The van der Waals surface area contributed by atoms with Crippen molar-refractivity contribution in [3.8, 4) is 0 Å². The third kappa shape index (κ3) is 3.08. The number of hydrogen-bond donors (Lipinski definition) is 1. The molecule has 0 saturated heterocycles. The highest BCUT2D eigenvalue weighted by atomic mass is 32.2. The molecule has 1 rings (SSSR count). The molecule has 62 valence electrons. The Labute approximate surface area is 71.6 Å². The van der Waals surface area contributed by atoms with Gasteiger partial charge in [0.25, 0.3) is 0 Å². The lowest BCUT2D eigenvalue weighted by Crippen LogP contribution is -2.14. The number of carbonyl (C=O) groups excluding carboxylic acids is 1. The fourth-order valence-electron chi connectivity index (χ4n) is 1.07. The van der Waals surface area contributed by atoms with Crippen molar-refractivity contribution < 1.29 is 4.79 Å². The summed E-state index contributed by atoms with van der Waals surface area (Å²) in [6.07, 6.45) is 4.06. The molecule has 0 aliphatic carbocycles. The summed E-state index contributed by atoms with van der Waals surface area (Å²) in [5.74, 6) is 0.438. The SMILES string of the molecule is CC(=O)C1C=CSNCCC1. The van der Waals surface area contributed by atoms with Crippen molar-refractivity contribution in [2.24, 2.45) is 5.92 Å². The van der Waals surface area contributed by atoms with E-state index in [9.17, 15) is 4.79 Å². The topological polar surface area (TPSA) is 29.1 Å². The van der Waals surface area contributed by atoms with Crippen LogP contribution in [-0.4, -0.2) is 12.3 Å². The molecule has 0 saturated carbocycles. The Morgan fingerprint density at radius 1 is 1.73 bits per heavy atom. The Morgan fingerprint density at radius 3 is 3.27 bits per heavy atom. The first-order valence-electron chi connectivity index (χ1n) is 3.86. The Hall–Kier alpha value is -0.280. The molecule has 1 atom stereocenters. The first-order chi connectivity index (χ1) is 5.30. The normalized spacial score (nSPS) is 25.7. The fraction of sp³-hybridized carbons (Fsp3) is 0.625. The van der Waals surface area contributed by atoms with Crippen LogP contribution in [0, 0.1) is 5.92 Å². The third-order valence-electron chi connectivity index (χ3n) is 1.78. The molecule has 0 spiro atoms. The molecular formula is C8H13NOS. The zero-order chi connectivity index (χ0) is 8.10. The predicted molar refractivity (Wildman–Crippen MR) is 48.1 cm³/mol. The van der Waals surface area contributed by atoms with Gasteiger partial charge in [0.1, 0.15) is 5.78 Å². The Kier molecular flexibility index (Phi) is 3.66. The fourth-order valence-corrected chi connectivity index (χ4v) is 1.70. The van der Waals surface area contributed by atoms with E-state index in [4.69, 9.17) is 0 Å². The summed E-state index contributed by atoms with van der Waals surface area (Å²) in [7, 11) is 0. The average molecular weight is 171 g/mol. The Morgan fingerprint density at radius 2 is 2.55 bits per heavy atom. The van der Waals surface area contributed by atoms with Crippen molar-refractivity contribution in [1.29, 1.82) is 0 Å². The van der Waals surface area contributed by atoms with Gasteiger partial charge in [0.15, 0.2) is 0 Å². The van der Waals surface area contributed by atoms with E-state index in [0.717, 1.165) is 19.4 Å². The smallest absolute Gasteiger partial charge is 0.136 e. The summed E-state index contributed by atoms with van der Waals surface area (Å²) >= 11 is 1.57. The van der Waals surface area contributed by atoms with Crippen LogP contribution in [0.25, 0.3) is 0 Å². The molecule has 0 amide bonds. The second-order valence-electron chi connectivity index (χ2n) is 2.70. The predicted octanol–water partition coefficient (Wildman–Crippen LogP) is 1.74.